The van der Waals surface area contributed by atoms with Crippen molar-refractivity contribution in [3.05, 3.63) is 34.3 Å². The van der Waals surface area contributed by atoms with Gasteiger partial charge in [-0.2, -0.15) is 10.2 Å². The molecule has 0 saturated carbocycles. The van der Waals surface area contributed by atoms with Gasteiger partial charge in [0.15, 0.2) is 28.8 Å². The first-order valence-corrected chi connectivity index (χ1v) is 10.7. The second kappa shape index (κ2) is 12.3. The zero-order valence-corrected chi connectivity index (χ0v) is 20.4. The highest BCUT2D eigenvalue weighted by Crippen LogP contribution is 2.42. The van der Waals surface area contributed by atoms with Crippen LogP contribution in [0.25, 0.3) is 0 Å². The third-order valence-electron chi connectivity index (χ3n) is 4.29. The van der Waals surface area contributed by atoms with Gasteiger partial charge in [-0.15, -0.1) is 0 Å². The molecule has 0 radical (unpaired) electrons. The monoisotopic (exact) mass is 497 g/mol. The maximum Gasteiger partial charge on any atom is 0.258 e. The first-order chi connectivity index (χ1) is 15.8. The highest BCUT2D eigenvalue weighted by atomic mass is 35.5. The van der Waals surface area contributed by atoms with Gasteiger partial charge in [-0.1, -0.05) is 23.2 Å². The van der Waals surface area contributed by atoms with Gasteiger partial charge in [0.25, 0.3) is 5.91 Å². The second-order valence-corrected chi connectivity index (χ2v) is 7.25. The van der Waals surface area contributed by atoms with Crippen LogP contribution in [0.5, 0.6) is 23.0 Å². The summed E-state index contributed by atoms with van der Waals surface area (Å²) in [6, 6.07) is 4.83. The van der Waals surface area contributed by atoms with E-state index in [9.17, 15) is 9.59 Å². The van der Waals surface area contributed by atoms with Gasteiger partial charge >= 0.3 is 0 Å². The Kier molecular flexibility index (Phi) is 9.74. The average Bonchev–Trinajstić information content (AvgIpc) is 2.78. The van der Waals surface area contributed by atoms with Crippen LogP contribution in [0.1, 0.15) is 20.8 Å². The van der Waals surface area contributed by atoms with Crippen molar-refractivity contribution in [1.29, 1.82) is 0 Å². The van der Waals surface area contributed by atoms with Gasteiger partial charge in [-0.25, -0.2) is 0 Å². The average molecular weight is 498 g/mol. The van der Waals surface area contributed by atoms with E-state index in [-0.39, 0.29) is 32.9 Å². The van der Waals surface area contributed by atoms with Crippen molar-refractivity contribution >= 4 is 46.3 Å². The summed E-state index contributed by atoms with van der Waals surface area (Å²) in [4.78, 5) is 25.1. The van der Waals surface area contributed by atoms with Crippen molar-refractivity contribution in [1.82, 2.24) is 0 Å². The van der Waals surface area contributed by atoms with Crippen molar-refractivity contribution in [2.75, 3.05) is 32.8 Å². The fourth-order valence-corrected chi connectivity index (χ4v) is 3.27. The molecule has 178 valence electrons. The van der Waals surface area contributed by atoms with Crippen LogP contribution in [0.15, 0.2) is 34.5 Å². The fraction of sp³-hybridized carbons (Fsp3) is 0.364. The van der Waals surface area contributed by atoms with Crippen molar-refractivity contribution in [2.45, 2.75) is 26.8 Å². The van der Waals surface area contributed by atoms with Crippen LogP contribution in [-0.2, 0) is 9.59 Å². The summed E-state index contributed by atoms with van der Waals surface area (Å²) in [7, 11) is 2.89. The summed E-state index contributed by atoms with van der Waals surface area (Å²) in [5.41, 5.74) is 0.361. The van der Waals surface area contributed by atoms with Crippen LogP contribution in [0.3, 0.4) is 0 Å². The molecule has 0 aliphatic heterocycles. The number of nitrogens with one attached hydrogen (secondary N) is 1. The molecule has 0 fully saturated rings. The number of carbonyl (C=O) groups excluding carboxylic acids is 2. The molecule has 0 aliphatic rings. The van der Waals surface area contributed by atoms with Gasteiger partial charge in [0.2, 0.25) is 6.04 Å². The predicted molar refractivity (Wildman–Crippen MR) is 126 cm³/mol. The lowest BCUT2D eigenvalue weighted by atomic mass is 10.2. The van der Waals surface area contributed by atoms with Gasteiger partial charge in [0, 0.05) is 0 Å². The molecule has 0 aromatic heterocycles. The Hall–Kier alpha value is -3.04. The maximum absolute atomic E-state index is 12.9. The number of methoxy groups -OCH3 is 2. The molecule has 11 heteroatoms. The van der Waals surface area contributed by atoms with Gasteiger partial charge in [0.1, 0.15) is 16.4 Å². The van der Waals surface area contributed by atoms with Crippen molar-refractivity contribution in [3.63, 3.8) is 0 Å². The van der Waals surface area contributed by atoms with Gasteiger partial charge < -0.3 is 24.3 Å². The lowest BCUT2D eigenvalue weighted by Crippen LogP contribution is -2.32. The fourth-order valence-electron chi connectivity index (χ4n) is 2.80. The minimum Gasteiger partial charge on any atom is -0.493 e. The van der Waals surface area contributed by atoms with Crippen LogP contribution < -0.4 is 24.3 Å². The number of azo groups is 1. The number of ether oxygens (including phenoxy) is 4. The van der Waals surface area contributed by atoms with Crippen LogP contribution in [0.4, 0.5) is 11.4 Å². The number of hydrogen-bond acceptors (Lipinski definition) is 8. The molecule has 1 unspecified atom stereocenters. The van der Waals surface area contributed by atoms with Crippen molar-refractivity contribution in [3.8, 4) is 23.0 Å². The van der Waals surface area contributed by atoms with E-state index in [1.54, 1.807) is 25.1 Å². The minimum atomic E-state index is -1.46. The zero-order chi connectivity index (χ0) is 24.5. The summed E-state index contributed by atoms with van der Waals surface area (Å²) in [6.45, 7) is 5.50. The van der Waals surface area contributed by atoms with E-state index in [1.165, 1.54) is 27.2 Å². The van der Waals surface area contributed by atoms with E-state index in [2.05, 4.69) is 15.5 Å². The Labute approximate surface area is 202 Å². The quantitative estimate of drug-likeness (QED) is 0.324. The Bertz CT molecular complexity index is 1050. The van der Waals surface area contributed by atoms with Crippen LogP contribution in [-0.4, -0.2) is 45.2 Å². The summed E-state index contributed by atoms with van der Waals surface area (Å²) < 4.78 is 21.6. The molecular formula is C22H25Cl2N3O6. The Morgan fingerprint density at radius 2 is 1.64 bits per heavy atom. The summed E-state index contributed by atoms with van der Waals surface area (Å²) in [5, 5.41) is 10.8. The molecule has 1 amide bonds. The third kappa shape index (κ3) is 6.27. The number of Topliss-reactive ketones (excluding diaryl/α,β-unsaturated/α-hetero) is 1. The first-order valence-electron chi connectivity index (χ1n) is 9.99. The smallest absolute Gasteiger partial charge is 0.258 e. The molecule has 0 bridgehead atoms. The number of hydrogen-bond donors (Lipinski definition) is 1. The zero-order valence-electron chi connectivity index (χ0n) is 18.9. The minimum absolute atomic E-state index is 0.120. The summed E-state index contributed by atoms with van der Waals surface area (Å²) in [5.74, 6) is 0.0108. The number of ketones is 1. The third-order valence-corrected chi connectivity index (χ3v) is 4.97. The Balaban J connectivity index is 2.38. The molecule has 1 atom stereocenters. The number of amides is 1. The van der Waals surface area contributed by atoms with Gasteiger partial charge in [-0.05, 0) is 45.0 Å². The van der Waals surface area contributed by atoms with Crippen LogP contribution in [0.2, 0.25) is 10.0 Å². The van der Waals surface area contributed by atoms with Crippen molar-refractivity contribution < 1.29 is 28.5 Å². The van der Waals surface area contributed by atoms with Crippen LogP contribution in [0, 0.1) is 0 Å². The van der Waals surface area contributed by atoms with Crippen LogP contribution >= 0.6 is 23.2 Å². The Morgan fingerprint density at radius 1 is 0.970 bits per heavy atom. The van der Waals surface area contributed by atoms with Gasteiger partial charge in [0.05, 0.1) is 32.5 Å². The molecule has 0 heterocycles. The van der Waals surface area contributed by atoms with E-state index < -0.39 is 17.7 Å². The molecule has 0 spiro atoms. The normalized spacial score (nSPS) is 11.7. The summed E-state index contributed by atoms with van der Waals surface area (Å²) in [6.07, 6.45) is 0. The van der Waals surface area contributed by atoms with E-state index in [0.717, 1.165) is 0 Å². The Morgan fingerprint density at radius 3 is 2.21 bits per heavy atom. The SMILES string of the molecule is CCOc1ccc(Cl)c(NC(=O)C(N=Nc2ccc(OC)c(OC)c2Cl)C(C)=O)c1OCC. The molecule has 2 rings (SSSR count). The highest BCUT2D eigenvalue weighted by Gasteiger charge is 2.27. The lowest BCUT2D eigenvalue weighted by molar-refractivity contribution is -0.126. The van der Waals surface area contributed by atoms with E-state index in [1.807, 2.05) is 6.92 Å². The van der Waals surface area contributed by atoms with Crippen molar-refractivity contribution in [2.24, 2.45) is 10.2 Å². The topological polar surface area (TPSA) is 108 Å². The maximum atomic E-state index is 12.9. The predicted octanol–water partition coefficient (Wildman–Crippen LogP) is 5.49. The van der Waals surface area contributed by atoms with Gasteiger partial charge in [-0.3, -0.25) is 9.59 Å². The molecule has 9 nitrogen and oxygen atoms in total. The number of rotatable bonds is 11. The van der Waals surface area contributed by atoms with E-state index >= 15 is 0 Å². The lowest BCUT2D eigenvalue weighted by Gasteiger charge is -2.18. The number of carbonyl (C=O) groups is 2. The number of nitrogens with zero attached hydrogens (tertiary/aromatic N) is 2. The molecular weight excluding hydrogens is 473 g/mol. The number of benzene rings is 2. The standard InChI is InChI=1S/C22H25Cl2N3O6/c1-6-32-16-10-8-13(23)19(21(16)33-7-2)25-22(29)18(12(3)28)27-26-14-9-11-15(30-4)20(31-5)17(14)24/h8-11,18H,6-7H2,1-5H3,(H,25,29). The molecule has 1 N–H and O–H groups in total. The van der Waals surface area contributed by atoms with E-state index in [4.69, 9.17) is 42.1 Å². The summed E-state index contributed by atoms with van der Waals surface area (Å²) >= 11 is 12.6. The number of halogens is 2. The largest absolute Gasteiger partial charge is 0.493 e. The molecule has 0 aliphatic carbocycles. The second-order valence-electron chi connectivity index (χ2n) is 6.47. The van der Waals surface area contributed by atoms with E-state index in [0.29, 0.717) is 24.7 Å². The molecule has 33 heavy (non-hydrogen) atoms. The molecule has 2 aromatic rings. The first kappa shape index (κ1) is 26.2. The number of anilines is 1. The highest BCUT2D eigenvalue weighted by molar-refractivity contribution is 6.35. The molecule has 0 saturated heterocycles. The molecule has 2 aromatic carbocycles.